The Kier molecular flexibility index (Phi) is 2.63. The largest absolute Gasteiger partial charge is 0.311 e. The van der Waals surface area contributed by atoms with Crippen molar-refractivity contribution in [1.29, 1.82) is 5.41 Å². The minimum Gasteiger partial charge on any atom is -0.311 e. The van der Waals surface area contributed by atoms with Crippen LogP contribution in [-0.4, -0.2) is 12.8 Å². The molecular formula is C3H4N2. The van der Waals surface area contributed by atoms with E-state index in [-0.39, 0.29) is 6.54 Å². The summed E-state index contributed by atoms with van der Waals surface area (Å²) in [4.78, 5) is 2.86. The van der Waals surface area contributed by atoms with E-state index in [1.807, 2.05) is 0 Å². The second-order valence-electron chi connectivity index (χ2n) is 0.545. The molecule has 26 valence electrons. The van der Waals surface area contributed by atoms with Crippen LogP contribution < -0.4 is 0 Å². The summed E-state index contributed by atoms with van der Waals surface area (Å²) in [7, 11) is 0. The standard InChI is InChI=1S/C3H4N2/c1-5-3-2-4/h2,4H,3H2. The van der Waals surface area contributed by atoms with Crippen molar-refractivity contribution < 1.29 is 0 Å². The van der Waals surface area contributed by atoms with Crippen molar-refractivity contribution in [3.8, 4) is 0 Å². The summed E-state index contributed by atoms with van der Waals surface area (Å²) in [6.07, 6.45) is 1.08. The Bertz CT molecular complexity index is 59.8. The van der Waals surface area contributed by atoms with Gasteiger partial charge in [0, 0.05) is 0 Å². The Morgan fingerprint density at radius 1 is 2.00 bits per heavy atom. The van der Waals surface area contributed by atoms with E-state index in [9.17, 15) is 0 Å². The molecule has 0 saturated heterocycles. The first-order valence-corrected chi connectivity index (χ1v) is 1.24. The third kappa shape index (κ3) is 3.16. The minimum atomic E-state index is 0.222. The van der Waals surface area contributed by atoms with Gasteiger partial charge in [0.1, 0.15) is 0 Å². The fraction of sp³-hybridized carbons (Fsp3) is 0.333. The highest BCUT2D eigenvalue weighted by Crippen LogP contribution is 1.51. The molecule has 0 amide bonds. The lowest BCUT2D eigenvalue weighted by molar-refractivity contribution is 1.50. The van der Waals surface area contributed by atoms with E-state index in [2.05, 4.69) is 4.85 Å². The minimum absolute atomic E-state index is 0.222. The van der Waals surface area contributed by atoms with Gasteiger partial charge in [0.05, 0.1) is 6.21 Å². The van der Waals surface area contributed by atoms with Crippen LogP contribution in [-0.2, 0) is 0 Å². The molecule has 0 spiro atoms. The van der Waals surface area contributed by atoms with E-state index < -0.39 is 0 Å². The Labute approximate surface area is 30.8 Å². The maximum atomic E-state index is 6.26. The second-order valence-corrected chi connectivity index (χ2v) is 0.545. The molecule has 0 aromatic carbocycles. The van der Waals surface area contributed by atoms with Crippen LogP contribution >= 0.6 is 0 Å². The average molecular weight is 68.1 g/mol. The molecule has 2 heteroatoms. The number of nitrogens with one attached hydrogen (secondary N) is 1. The lowest BCUT2D eigenvalue weighted by Crippen LogP contribution is -1.67. The second kappa shape index (κ2) is 3.16. The van der Waals surface area contributed by atoms with Crippen LogP contribution in [0.15, 0.2) is 0 Å². The molecule has 0 bridgehead atoms. The molecule has 0 atom stereocenters. The molecule has 0 radical (unpaired) electrons. The van der Waals surface area contributed by atoms with Crippen molar-refractivity contribution in [1.82, 2.24) is 0 Å². The predicted octanol–water partition coefficient (Wildman–Crippen LogP) is 0.555. The third-order valence-corrected chi connectivity index (χ3v) is 0.183. The van der Waals surface area contributed by atoms with Crippen molar-refractivity contribution in [3.63, 3.8) is 0 Å². The Morgan fingerprint density at radius 2 is 2.60 bits per heavy atom. The molecule has 1 N–H and O–H groups in total. The van der Waals surface area contributed by atoms with E-state index >= 15 is 0 Å². The number of hydrogen-bond donors (Lipinski definition) is 1. The number of hydrogen-bond acceptors (Lipinski definition) is 1. The lowest BCUT2D eigenvalue weighted by Gasteiger charge is -1.56. The topological polar surface area (TPSA) is 28.2 Å². The van der Waals surface area contributed by atoms with Gasteiger partial charge in [-0.3, -0.25) is 0 Å². The van der Waals surface area contributed by atoms with Crippen molar-refractivity contribution in [2.24, 2.45) is 0 Å². The fourth-order valence-electron chi connectivity index (χ4n) is 0.0456. The van der Waals surface area contributed by atoms with Crippen LogP contribution in [0.4, 0.5) is 0 Å². The normalized spacial score (nSPS) is 5.40. The molecule has 0 aliphatic carbocycles. The predicted molar refractivity (Wildman–Crippen MR) is 20.3 cm³/mol. The molecule has 2 nitrogen and oxygen atoms in total. The maximum absolute atomic E-state index is 6.26. The molecule has 0 heterocycles. The van der Waals surface area contributed by atoms with Crippen molar-refractivity contribution >= 4 is 6.21 Å². The molecule has 0 unspecified atom stereocenters. The van der Waals surface area contributed by atoms with E-state index in [4.69, 9.17) is 12.0 Å². The van der Waals surface area contributed by atoms with Crippen LogP contribution in [0.1, 0.15) is 0 Å². The van der Waals surface area contributed by atoms with Gasteiger partial charge in [0.15, 0.2) is 0 Å². The van der Waals surface area contributed by atoms with Gasteiger partial charge in [0.25, 0.3) is 0 Å². The molecule has 0 aliphatic heterocycles. The van der Waals surface area contributed by atoms with Gasteiger partial charge in [-0.1, -0.05) is 0 Å². The van der Waals surface area contributed by atoms with Crippen LogP contribution in [0.5, 0.6) is 0 Å². The molecule has 5 heavy (non-hydrogen) atoms. The van der Waals surface area contributed by atoms with Gasteiger partial charge in [0.2, 0.25) is 6.54 Å². The third-order valence-electron chi connectivity index (χ3n) is 0.183. The summed E-state index contributed by atoms with van der Waals surface area (Å²) < 4.78 is 0. The molecule has 0 saturated carbocycles. The van der Waals surface area contributed by atoms with Crippen LogP contribution in [0.3, 0.4) is 0 Å². The van der Waals surface area contributed by atoms with Gasteiger partial charge in [-0.25, -0.2) is 6.57 Å². The maximum Gasteiger partial charge on any atom is 0.248 e. The fourth-order valence-corrected chi connectivity index (χ4v) is 0.0456. The molecular weight excluding hydrogens is 64.0 g/mol. The highest BCUT2D eigenvalue weighted by molar-refractivity contribution is 5.57. The summed E-state index contributed by atoms with van der Waals surface area (Å²) in [5.74, 6) is 0. The first-order valence-electron chi connectivity index (χ1n) is 1.24. The van der Waals surface area contributed by atoms with Crippen molar-refractivity contribution in [2.45, 2.75) is 0 Å². The Morgan fingerprint density at radius 3 is 2.60 bits per heavy atom. The van der Waals surface area contributed by atoms with E-state index in [0.717, 1.165) is 6.21 Å². The quantitative estimate of drug-likeness (QED) is 0.343. The first kappa shape index (κ1) is 4.16. The molecule has 0 aromatic rings. The van der Waals surface area contributed by atoms with Gasteiger partial charge < -0.3 is 10.3 Å². The van der Waals surface area contributed by atoms with Crippen molar-refractivity contribution in [2.75, 3.05) is 6.54 Å². The SMILES string of the molecule is [C-]#[N+]CC=N. The average Bonchev–Trinajstić information content (AvgIpc) is 1.41. The zero-order valence-electron chi connectivity index (χ0n) is 2.73. The van der Waals surface area contributed by atoms with E-state index in [1.54, 1.807) is 0 Å². The van der Waals surface area contributed by atoms with Gasteiger partial charge >= 0.3 is 0 Å². The Balaban J connectivity index is 2.75. The molecule has 0 aliphatic rings. The number of nitrogens with zero attached hydrogens (tertiary/aromatic N) is 1. The summed E-state index contributed by atoms with van der Waals surface area (Å²) >= 11 is 0. The zero-order chi connectivity index (χ0) is 4.12. The monoisotopic (exact) mass is 68.0 g/mol. The van der Waals surface area contributed by atoms with Gasteiger partial charge in [-0.15, -0.1) is 0 Å². The zero-order valence-corrected chi connectivity index (χ0v) is 2.73. The number of rotatable bonds is 1. The smallest absolute Gasteiger partial charge is 0.248 e. The highest BCUT2D eigenvalue weighted by atomic mass is 14.6. The lowest BCUT2D eigenvalue weighted by atomic mass is 10.8. The Hall–Kier alpha value is -0.840. The summed E-state index contributed by atoms with van der Waals surface area (Å²) in [5, 5.41) is 6.26. The summed E-state index contributed by atoms with van der Waals surface area (Å²) in [6.45, 7) is 6.30. The highest BCUT2D eigenvalue weighted by Gasteiger charge is 1.61. The van der Waals surface area contributed by atoms with Gasteiger partial charge in [-0.2, -0.15) is 0 Å². The van der Waals surface area contributed by atoms with Crippen LogP contribution in [0.2, 0.25) is 0 Å². The van der Waals surface area contributed by atoms with Gasteiger partial charge in [-0.05, 0) is 0 Å². The van der Waals surface area contributed by atoms with Crippen LogP contribution in [0, 0.1) is 12.0 Å². The summed E-state index contributed by atoms with van der Waals surface area (Å²) in [6, 6.07) is 0. The summed E-state index contributed by atoms with van der Waals surface area (Å²) in [5.41, 5.74) is 0. The molecule has 0 aromatic heterocycles. The molecule has 0 rings (SSSR count). The van der Waals surface area contributed by atoms with E-state index in [1.165, 1.54) is 0 Å². The van der Waals surface area contributed by atoms with Crippen molar-refractivity contribution in [3.05, 3.63) is 11.4 Å². The molecule has 0 fully saturated rings. The first-order chi connectivity index (χ1) is 2.41. The van der Waals surface area contributed by atoms with Crippen LogP contribution in [0.25, 0.3) is 4.85 Å². The van der Waals surface area contributed by atoms with E-state index in [0.29, 0.717) is 0 Å².